The highest BCUT2D eigenvalue weighted by Crippen LogP contribution is 2.58. The van der Waals surface area contributed by atoms with Gasteiger partial charge in [-0.25, -0.2) is 4.79 Å². The molecule has 1 aromatic carbocycles. The van der Waals surface area contributed by atoms with E-state index in [1.54, 1.807) is 7.11 Å². The number of alkyl carbamates (subject to hydrolysis) is 1. The van der Waals surface area contributed by atoms with Crippen molar-refractivity contribution in [2.75, 3.05) is 13.7 Å². The molecular formula is C22H30N2O4. The van der Waals surface area contributed by atoms with Gasteiger partial charge in [-0.15, -0.1) is 0 Å². The molecule has 1 N–H and O–H groups in total. The first-order valence-electron chi connectivity index (χ1n) is 10.1. The molecule has 4 atom stereocenters. The second-order valence-electron chi connectivity index (χ2n) is 9.41. The zero-order valence-electron chi connectivity index (χ0n) is 17.4. The molecule has 28 heavy (non-hydrogen) atoms. The van der Waals surface area contributed by atoms with Crippen LogP contribution in [-0.4, -0.2) is 42.2 Å². The van der Waals surface area contributed by atoms with Gasteiger partial charge in [-0.05, 0) is 62.8 Å². The van der Waals surface area contributed by atoms with Crippen LogP contribution in [0.3, 0.4) is 0 Å². The lowest BCUT2D eigenvalue weighted by molar-refractivity contribution is -0.132. The van der Waals surface area contributed by atoms with Crippen LogP contribution in [0.4, 0.5) is 4.79 Å². The van der Waals surface area contributed by atoms with Gasteiger partial charge in [-0.3, -0.25) is 4.79 Å². The molecule has 2 aliphatic heterocycles. The van der Waals surface area contributed by atoms with E-state index in [2.05, 4.69) is 29.3 Å². The largest absolute Gasteiger partial charge is 0.497 e. The fraction of sp³-hybridized carbons (Fsp3) is 0.636. The predicted molar refractivity (Wildman–Crippen MR) is 105 cm³/mol. The van der Waals surface area contributed by atoms with Crippen LogP contribution < -0.4 is 10.1 Å². The van der Waals surface area contributed by atoms with Gasteiger partial charge in [0.15, 0.2) is 0 Å². The van der Waals surface area contributed by atoms with Crippen molar-refractivity contribution in [2.24, 2.45) is 11.8 Å². The molecule has 6 nitrogen and oxygen atoms in total. The van der Waals surface area contributed by atoms with E-state index in [-0.39, 0.29) is 29.3 Å². The van der Waals surface area contributed by atoms with Gasteiger partial charge in [0.1, 0.15) is 11.4 Å². The summed E-state index contributed by atoms with van der Waals surface area (Å²) in [5.41, 5.74) is 1.58. The maximum absolute atomic E-state index is 12.9. The summed E-state index contributed by atoms with van der Waals surface area (Å²) in [6, 6.07) is 6.11. The molecule has 2 amide bonds. The van der Waals surface area contributed by atoms with E-state index in [0.29, 0.717) is 6.42 Å². The second-order valence-corrected chi connectivity index (χ2v) is 9.41. The Morgan fingerprint density at radius 2 is 2.07 bits per heavy atom. The van der Waals surface area contributed by atoms with Gasteiger partial charge in [0.2, 0.25) is 5.91 Å². The number of carbonyl (C=O) groups is 2. The molecule has 0 radical (unpaired) electrons. The summed E-state index contributed by atoms with van der Waals surface area (Å²) in [7, 11) is 1.68. The van der Waals surface area contributed by atoms with Gasteiger partial charge in [-0.2, -0.15) is 0 Å². The van der Waals surface area contributed by atoms with E-state index in [0.717, 1.165) is 25.1 Å². The quantitative estimate of drug-likeness (QED) is 0.847. The molecule has 1 saturated heterocycles. The minimum absolute atomic E-state index is 0.0509. The first-order chi connectivity index (χ1) is 13.2. The first kappa shape index (κ1) is 19.1. The summed E-state index contributed by atoms with van der Waals surface area (Å²) in [6.45, 7) is 8.46. The predicted octanol–water partition coefficient (Wildman–Crippen LogP) is 3.23. The average molecular weight is 386 g/mol. The monoisotopic (exact) mass is 386 g/mol. The highest BCUT2D eigenvalue weighted by atomic mass is 16.6. The standard InChI is InChI=1S/C22H30N2O4/c1-13-12-22-16-7-6-15(27-5)10-14(16)8-9-24(22)18(25)11-17(22)19(13)23-20(26)28-21(2,3)4/h6-7,10,13,17,19H,8-9,11-12H2,1-5H3,(H,23,26)/t13-,17?,19+,22-/m0/s1. The van der Waals surface area contributed by atoms with Crippen LogP contribution in [0.1, 0.15) is 51.7 Å². The minimum atomic E-state index is -0.546. The number of carbonyl (C=O) groups excluding carboxylic acids is 2. The molecule has 2 heterocycles. The summed E-state index contributed by atoms with van der Waals surface area (Å²) in [6.07, 6.45) is 1.75. The van der Waals surface area contributed by atoms with Crippen molar-refractivity contribution in [1.82, 2.24) is 10.2 Å². The fourth-order valence-electron chi connectivity index (χ4n) is 5.61. The Morgan fingerprint density at radius 3 is 2.75 bits per heavy atom. The lowest BCUT2D eigenvalue weighted by Crippen LogP contribution is -2.51. The third kappa shape index (κ3) is 2.85. The Morgan fingerprint density at radius 1 is 1.32 bits per heavy atom. The number of rotatable bonds is 2. The van der Waals surface area contributed by atoms with Crippen LogP contribution >= 0.6 is 0 Å². The second kappa shape index (κ2) is 6.39. The van der Waals surface area contributed by atoms with E-state index in [1.165, 1.54) is 11.1 Å². The molecule has 1 aliphatic carbocycles. The van der Waals surface area contributed by atoms with Crippen LogP contribution in [0, 0.1) is 11.8 Å². The molecule has 1 saturated carbocycles. The first-order valence-corrected chi connectivity index (χ1v) is 10.1. The highest BCUT2D eigenvalue weighted by molar-refractivity contribution is 5.82. The van der Waals surface area contributed by atoms with Gasteiger partial charge < -0.3 is 19.7 Å². The minimum Gasteiger partial charge on any atom is -0.497 e. The van der Waals surface area contributed by atoms with Crippen molar-refractivity contribution in [1.29, 1.82) is 0 Å². The Bertz CT molecular complexity index is 815. The van der Waals surface area contributed by atoms with Gasteiger partial charge in [0, 0.05) is 24.9 Å². The summed E-state index contributed by atoms with van der Waals surface area (Å²) >= 11 is 0. The highest BCUT2D eigenvalue weighted by Gasteiger charge is 2.63. The Balaban J connectivity index is 1.70. The Kier molecular flexibility index (Phi) is 4.36. The molecule has 2 fully saturated rings. The molecule has 4 rings (SSSR count). The number of hydrogen-bond acceptors (Lipinski definition) is 4. The summed E-state index contributed by atoms with van der Waals surface area (Å²) in [5.74, 6) is 1.34. The summed E-state index contributed by atoms with van der Waals surface area (Å²) in [5, 5.41) is 3.09. The van der Waals surface area contributed by atoms with Crippen molar-refractivity contribution in [3.8, 4) is 5.75 Å². The van der Waals surface area contributed by atoms with E-state index >= 15 is 0 Å². The third-order valence-corrected chi connectivity index (χ3v) is 6.54. The molecule has 1 spiro atoms. The normalized spacial score (nSPS) is 31.1. The van der Waals surface area contributed by atoms with Crippen molar-refractivity contribution in [2.45, 2.75) is 64.1 Å². The van der Waals surface area contributed by atoms with Crippen molar-refractivity contribution < 1.29 is 19.1 Å². The zero-order valence-corrected chi connectivity index (χ0v) is 17.4. The van der Waals surface area contributed by atoms with Gasteiger partial charge >= 0.3 is 6.09 Å². The number of nitrogens with one attached hydrogen (secondary N) is 1. The van der Waals surface area contributed by atoms with Crippen molar-refractivity contribution in [3.05, 3.63) is 29.3 Å². The van der Waals surface area contributed by atoms with Gasteiger partial charge in [-0.1, -0.05) is 13.0 Å². The molecule has 0 aromatic heterocycles. The number of methoxy groups -OCH3 is 1. The lowest BCUT2D eigenvalue weighted by atomic mass is 9.75. The number of amides is 2. The maximum atomic E-state index is 12.9. The van der Waals surface area contributed by atoms with Crippen LogP contribution in [-0.2, 0) is 21.5 Å². The summed E-state index contributed by atoms with van der Waals surface area (Å²) in [4.78, 5) is 27.4. The maximum Gasteiger partial charge on any atom is 0.407 e. The number of benzene rings is 1. The SMILES string of the molecule is COc1ccc2c(c1)CCN1C(=O)CC3[C@H](NC(=O)OC(C)(C)C)[C@@H](C)C[C@]231. The van der Waals surface area contributed by atoms with Crippen molar-refractivity contribution >= 4 is 12.0 Å². The lowest BCUT2D eigenvalue weighted by Gasteiger charge is -2.44. The molecular weight excluding hydrogens is 356 g/mol. The third-order valence-electron chi connectivity index (χ3n) is 6.54. The van der Waals surface area contributed by atoms with Gasteiger partial charge in [0.25, 0.3) is 0 Å². The molecule has 3 aliphatic rings. The zero-order chi connectivity index (χ0) is 20.3. The molecule has 152 valence electrons. The smallest absolute Gasteiger partial charge is 0.407 e. The number of fused-ring (bicyclic) bond motifs is 1. The fourth-order valence-corrected chi connectivity index (χ4v) is 5.61. The van der Waals surface area contributed by atoms with Crippen LogP contribution in [0.5, 0.6) is 5.75 Å². The van der Waals surface area contributed by atoms with Crippen LogP contribution in [0.2, 0.25) is 0 Å². The molecule has 0 bridgehead atoms. The number of ether oxygens (including phenoxy) is 2. The van der Waals surface area contributed by atoms with E-state index in [9.17, 15) is 9.59 Å². The van der Waals surface area contributed by atoms with Crippen LogP contribution in [0.15, 0.2) is 18.2 Å². The van der Waals surface area contributed by atoms with Gasteiger partial charge in [0.05, 0.1) is 12.6 Å². The Hall–Kier alpha value is -2.24. The summed E-state index contributed by atoms with van der Waals surface area (Å²) < 4.78 is 10.9. The van der Waals surface area contributed by atoms with E-state index in [4.69, 9.17) is 9.47 Å². The van der Waals surface area contributed by atoms with E-state index < -0.39 is 11.7 Å². The van der Waals surface area contributed by atoms with E-state index in [1.807, 2.05) is 26.8 Å². The van der Waals surface area contributed by atoms with Crippen LogP contribution in [0.25, 0.3) is 0 Å². The molecule has 6 heteroatoms. The molecule has 1 unspecified atom stereocenters. The molecule has 1 aromatic rings. The average Bonchev–Trinajstić information content (AvgIpc) is 3.03. The Labute approximate surface area is 166 Å². The van der Waals surface area contributed by atoms with Crippen molar-refractivity contribution in [3.63, 3.8) is 0 Å². The number of nitrogens with zero attached hydrogens (tertiary/aromatic N) is 1. The topological polar surface area (TPSA) is 67.9 Å². The number of hydrogen-bond donors (Lipinski definition) is 1.